The summed E-state index contributed by atoms with van der Waals surface area (Å²) in [5.74, 6) is 0.169. The average Bonchev–Trinajstić information content (AvgIpc) is 3.69. The van der Waals surface area contributed by atoms with E-state index in [4.69, 9.17) is 0 Å². The second-order valence-corrected chi connectivity index (χ2v) is 11.9. The lowest BCUT2D eigenvalue weighted by Crippen LogP contribution is -2.70. The first kappa shape index (κ1) is 25.7. The Balaban J connectivity index is 1.20. The van der Waals surface area contributed by atoms with Crippen molar-refractivity contribution in [3.05, 3.63) is 42.1 Å². The number of amides is 2. The van der Waals surface area contributed by atoms with Gasteiger partial charge in [-0.3, -0.25) is 25.2 Å². The SMILES string of the molecule is O=C(C1NCC(c2ccc3ncccc3c2)C2(CCCCCCCC2)N1)N1CCN(C(=O)C2(O)CC2)CC1. The summed E-state index contributed by atoms with van der Waals surface area (Å²) < 4.78 is 0. The zero-order valence-corrected chi connectivity index (χ0v) is 22.3. The van der Waals surface area contributed by atoms with Crippen LogP contribution in [0.1, 0.15) is 75.7 Å². The Morgan fingerprint density at radius 1 is 0.895 bits per heavy atom. The lowest BCUT2D eigenvalue weighted by Gasteiger charge is -2.50. The maximum absolute atomic E-state index is 13.7. The normalized spacial score (nSPS) is 27.4. The minimum Gasteiger partial charge on any atom is -0.380 e. The van der Waals surface area contributed by atoms with Gasteiger partial charge in [0.1, 0.15) is 11.8 Å². The topological polar surface area (TPSA) is 97.8 Å². The summed E-state index contributed by atoms with van der Waals surface area (Å²) in [7, 11) is 0. The zero-order chi connectivity index (χ0) is 26.2. The predicted molar refractivity (Wildman–Crippen MR) is 146 cm³/mol. The Morgan fingerprint density at radius 3 is 2.29 bits per heavy atom. The highest BCUT2D eigenvalue weighted by Gasteiger charge is 2.51. The van der Waals surface area contributed by atoms with Crippen molar-refractivity contribution in [2.24, 2.45) is 0 Å². The third kappa shape index (κ3) is 5.06. The van der Waals surface area contributed by atoms with E-state index in [0.717, 1.165) is 30.3 Å². The molecule has 1 aromatic carbocycles. The molecule has 2 atom stereocenters. The van der Waals surface area contributed by atoms with E-state index in [1.807, 2.05) is 17.2 Å². The van der Waals surface area contributed by atoms with Gasteiger partial charge in [-0.05, 0) is 49.4 Å². The Morgan fingerprint density at radius 2 is 1.58 bits per heavy atom. The van der Waals surface area contributed by atoms with E-state index < -0.39 is 11.8 Å². The lowest BCUT2D eigenvalue weighted by atomic mass is 9.71. The van der Waals surface area contributed by atoms with Gasteiger partial charge in [-0.2, -0.15) is 0 Å². The molecule has 8 nitrogen and oxygen atoms in total. The molecule has 8 heteroatoms. The molecule has 2 aliphatic heterocycles. The number of rotatable bonds is 3. The number of nitrogens with one attached hydrogen (secondary N) is 2. The monoisotopic (exact) mass is 519 g/mol. The Bertz CT molecular complexity index is 1160. The number of carbonyl (C=O) groups is 2. The van der Waals surface area contributed by atoms with E-state index in [1.165, 1.54) is 44.1 Å². The first-order valence-corrected chi connectivity index (χ1v) is 14.6. The number of aliphatic hydroxyl groups is 1. The van der Waals surface area contributed by atoms with Gasteiger partial charge in [-0.15, -0.1) is 0 Å². The summed E-state index contributed by atoms with van der Waals surface area (Å²) in [6, 6.07) is 10.8. The number of carbonyl (C=O) groups excluding carboxylic acids is 2. The summed E-state index contributed by atoms with van der Waals surface area (Å²) >= 11 is 0. The van der Waals surface area contributed by atoms with Crippen molar-refractivity contribution in [3.8, 4) is 0 Å². The van der Waals surface area contributed by atoms with Gasteiger partial charge < -0.3 is 14.9 Å². The molecule has 204 valence electrons. The summed E-state index contributed by atoms with van der Waals surface area (Å²) in [5, 5.41) is 18.8. The molecule has 2 saturated carbocycles. The van der Waals surface area contributed by atoms with Gasteiger partial charge in [0, 0.05) is 55.8 Å². The molecule has 3 N–H and O–H groups in total. The van der Waals surface area contributed by atoms with Crippen molar-refractivity contribution in [2.45, 2.75) is 87.4 Å². The Hall–Kier alpha value is -2.55. The van der Waals surface area contributed by atoms with Crippen LogP contribution < -0.4 is 10.6 Å². The first-order chi connectivity index (χ1) is 18.5. The van der Waals surface area contributed by atoms with Gasteiger partial charge in [0.15, 0.2) is 0 Å². The van der Waals surface area contributed by atoms with Crippen LogP contribution in [0.2, 0.25) is 0 Å². The van der Waals surface area contributed by atoms with Crippen LogP contribution in [0.5, 0.6) is 0 Å². The number of piperazine rings is 1. The largest absolute Gasteiger partial charge is 0.380 e. The minimum absolute atomic E-state index is 0.0719. The van der Waals surface area contributed by atoms with Crippen molar-refractivity contribution in [3.63, 3.8) is 0 Å². The molecule has 4 fully saturated rings. The number of nitrogens with zero attached hydrogens (tertiary/aromatic N) is 3. The van der Waals surface area contributed by atoms with Crippen LogP contribution in [0.15, 0.2) is 36.5 Å². The van der Waals surface area contributed by atoms with Crippen LogP contribution >= 0.6 is 0 Å². The predicted octanol–water partition coefficient (Wildman–Crippen LogP) is 2.91. The molecule has 1 aromatic heterocycles. The summed E-state index contributed by atoms with van der Waals surface area (Å²) in [5.41, 5.74) is 1.03. The van der Waals surface area contributed by atoms with Crippen LogP contribution in [-0.2, 0) is 9.59 Å². The van der Waals surface area contributed by atoms with Gasteiger partial charge in [-0.1, -0.05) is 50.7 Å². The quantitative estimate of drug-likeness (QED) is 0.577. The van der Waals surface area contributed by atoms with E-state index in [1.54, 1.807) is 4.90 Å². The number of aromatic nitrogens is 1. The van der Waals surface area contributed by atoms with E-state index in [0.29, 0.717) is 39.0 Å². The maximum Gasteiger partial charge on any atom is 0.254 e. The van der Waals surface area contributed by atoms with E-state index >= 15 is 0 Å². The molecule has 4 aliphatic rings. The van der Waals surface area contributed by atoms with Crippen molar-refractivity contribution < 1.29 is 14.7 Å². The van der Waals surface area contributed by atoms with Gasteiger partial charge in [0.05, 0.1) is 5.52 Å². The third-order valence-corrected chi connectivity index (χ3v) is 9.40. The standard InChI is InChI=1S/C30H41N5O3/c36-27(34-16-18-35(19-17-34)28(37)30(38)13-14-30)26-32-21-24(22-9-10-25-23(20-22)8-7-15-31-25)29(33-26)11-5-3-1-2-4-6-12-29/h7-10,15,20,24,26,32-33,38H,1-6,11-14,16-19,21H2. The molecule has 38 heavy (non-hydrogen) atoms. The van der Waals surface area contributed by atoms with Crippen LogP contribution in [0.4, 0.5) is 0 Å². The fraction of sp³-hybridized carbons (Fsp3) is 0.633. The van der Waals surface area contributed by atoms with Crippen molar-refractivity contribution in [1.82, 2.24) is 25.4 Å². The van der Waals surface area contributed by atoms with Crippen LogP contribution in [0, 0.1) is 0 Å². The second kappa shape index (κ2) is 10.5. The highest BCUT2D eigenvalue weighted by atomic mass is 16.3. The van der Waals surface area contributed by atoms with Crippen LogP contribution in [-0.4, -0.2) is 81.7 Å². The van der Waals surface area contributed by atoms with E-state index in [-0.39, 0.29) is 23.3 Å². The van der Waals surface area contributed by atoms with E-state index in [2.05, 4.69) is 39.9 Å². The molecular weight excluding hydrogens is 478 g/mol. The fourth-order valence-electron chi connectivity index (χ4n) is 6.91. The smallest absolute Gasteiger partial charge is 0.254 e. The van der Waals surface area contributed by atoms with Gasteiger partial charge in [0.2, 0.25) is 0 Å². The molecule has 2 aromatic rings. The number of benzene rings is 1. The average molecular weight is 520 g/mol. The first-order valence-electron chi connectivity index (χ1n) is 14.6. The molecular formula is C30H41N5O3. The lowest BCUT2D eigenvalue weighted by molar-refractivity contribution is -0.148. The third-order valence-electron chi connectivity index (χ3n) is 9.40. The summed E-state index contributed by atoms with van der Waals surface area (Å²) in [4.78, 5) is 34.4. The van der Waals surface area contributed by atoms with Gasteiger partial charge >= 0.3 is 0 Å². The molecule has 2 unspecified atom stereocenters. The molecule has 0 bridgehead atoms. The van der Waals surface area contributed by atoms with Crippen molar-refractivity contribution in [1.29, 1.82) is 0 Å². The zero-order valence-electron chi connectivity index (χ0n) is 22.3. The summed E-state index contributed by atoms with van der Waals surface area (Å²) in [6.07, 6.45) is 12.1. The fourth-order valence-corrected chi connectivity index (χ4v) is 6.91. The molecule has 0 radical (unpaired) electrons. The molecule has 2 saturated heterocycles. The molecule has 2 amide bonds. The van der Waals surface area contributed by atoms with E-state index in [9.17, 15) is 14.7 Å². The van der Waals surface area contributed by atoms with Crippen LogP contribution in [0.25, 0.3) is 10.9 Å². The second-order valence-electron chi connectivity index (χ2n) is 11.9. The number of hydrogen-bond acceptors (Lipinski definition) is 6. The molecule has 6 rings (SSSR count). The van der Waals surface area contributed by atoms with Gasteiger partial charge in [-0.25, -0.2) is 0 Å². The van der Waals surface area contributed by atoms with Crippen molar-refractivity contribution >= 4 is 22.7 Å². The molecule has 1 spiro atoms. The highest BCUT2D eigenvalue weighted by molar-refractivity contribution is 5.88. The Labute approximate surface area is 225 Å². The minimum atomic E-state index is -1.14. The maximum atomic E-state index is 13.7. The number of hydrogen-bond donors (Lipinski definition) is 3. The van der Waals surface area contributed by atoms with Crippen LogP contribution in [0.3, 0.4) is 0 Å². The highest BCUT2D eigenvalue weighted by Crippen LogP contribution is 2.41. The number of pyridine rings is 1. The molecule has 3 heterocycles. The van der Waals surface area contributed by atoms with Gasteiger partial charge in [0.25, 0.3) is 11.8 Å². The summed E-state index contributed by atoms with van der Waals surface area (Å²) in [6.45, 7) is 2.74. The molecule has 2 aliphatic carbocycles. The number of fused-ring (bicyclic) bond motifs is 1. The Kier molecular flexibility index (Phi) is 7.14. The van der Waals surface area contributed by atoms with Crippen molar-refractivity contribution in [2.75, 3.05) is 32.7 Å².